The smallest absolute Gasteiger partial charge is 0.0246 e. The van der Waals surface area contributed by atoms with Crippen LogP contribution >= 0.6 is 0 Å². The number of rotatable bonds is 4. The molecule has 0 aromatic carbocycles. The van der Waals surface area contributed by atoms with E-state index in [9.17, 15) is 0 Å². The maximum absolute atomic E-state index is 5.66. The summed E-state index contributed by atoms with van der Waals surface area (Å²) in [5, 5.41) is 0. The normalized spacial score (nSPS) is 33.2. The lowest BCUT2D eigenvalue weighted by Gasteiger charge is -2.21. The fourth-order valence-corrected chi connectivity index (χ4v) is 3.15. The van der Waals surface area contributed by atoms with Crippen LogP contribution in [0.25, 0.3) is 0 Å². The lowest BCUT2D eigenvalue weighted by atomic mass is 9.93. The molecule has 82 valence electrons. The average molecular weight is 196 g/mol. The fraction of sp³-hybridized carbons (Fsp3) is 1.00. The van der Waals surface area contributed by atoms with E-state index in [2.05, 4.69) is 19.3 Å². The van der Waals surface area contributed by atoms with Crippen molar-refractivity contribution in [1.82, 2.24) is 5.43 Å². The first kappa shape index (κ1) is 10.4. The average Bonchev–Trinajstić information content (AvgIpc) is 2.62. The van der Waals surface area contributed by atoms with Gasteiger partial charge in [0.25, 0.3) is 0 Å². The summed E-state index contributed by atoms with van der Waals surface area (Å²) in [6.45, 7) is 4.72. The Balaban J connectivity index is 1.81. The summed E-state index contributed by atoms with van der Waals surface area (Å²) in [4.78, 5) is 0. The highest BCUT2D eigenvalue weighted by atomic mass is 15.2. The van der Waals surface area contributed by atoms with Crippen LogP contribution in [0.2, 0.25) is 0 Å². The predicted octanol–water partition coefficient (Wildman–Crippen LogP) is 2.44. The van der Waals surface area contributed by atoms with Crippen LogP contribution in [0.15, 0.2) is 0 Å². The molecule has 2 aliphatic rings. The predicted molar refractivity (Wildman–Crippen MR) is 59.6 cm³/mol. The Hall–Kier alpha value is -0.0800. The lowest BCUT2D eigenvalue weighted by molar-refractivity contribution is 0.332. The number of nitrogens with two attached hydrogens (primary N) is 1. The summed E-state index contributed by atoms with van der Waals surface area (Å²) in [7, 11) is 0. The second kappa shape index (κ2) is 3.82. The molecule has 0 aromatic heterocycles. The maximum atomic E-state index is 5.66. The van der Waals surface area contributed by atoms with Crippen LogP contribution in [-0.2, 0) is 0 Å². The molecule has 0 amide bonds. The van der Waals surface area contributed by atoms with Crippen molar-refractivity contribution in [3.05, 3.63) is 0 Å². The molecule has 2 saturated carbocycles. The van der Waals surface area contributed by atoms with Crippen molar-refractivity contribution in [2.24, 2.45) is 23.1 Å². The molecule has 2 heteroatoms. The monoisotopic (exact) mass is 196 g/mol. The molecule has 2 rings (SSSR count). The third-order valence-electron chi connectivity index (χ3n) is 4.35. The Kier molecular flexibility index (Phi) is 2.85. The molecule has 2 aliphatic carbocycles. The van der Waals surface area contributed by atoms with Crippen molar-refractivity contribution < 1.29 is 0 Å². The van der Waals surface area contributed by atoms with Gasteiger partial charge in [-0.2, -0.15) is 0 Å². The van der Waals surface area contributed by atoms with Gasteiger partial charge in [-0.3, -0.25) is 11.3 Å². The van der Waals surface area contributed by atoms with Crippen LogP contribution in [0.5, 0.6) is 0 Å². The Morgan fingerprint density at radius 2 is 1.93 bits per heavy atom. The van der Waals surface area contributed by atoms with Crippen molar-refractivity contribution >= 4 is 0 Å². The topological polar surface area (TPSA) is 38.0 Å². The highest BCUT2D eigenvalue weighted by Crippen LogP contribution is 2.54. The first-order chi connectivity index (χ1) is 6.63. The summed E-state index contributed by atoms with van der Waals surface area (Å²) < 4.78 is 0. The second-order valence-corrected chi connectivity index (χ2v) is 5.96. The summed E-state index contributed by atoms with van der Waals surface area (Å²) in [5.74, 6) is 7.44. The van der Waals surface area contributed by atoms with Gasteiger partial charge in [-0.25, -0.2) is 0 Å². The Morgan fingerprint density at radius 3 is 2.36 bits per heavy atom. The maximum Gasteiger partial charge on any atom is 0.0246 e. The molecule has 0 heterocycles. The van der Waals surface area contributed by atoms with E-state index in [1.807, 2.05) is 0 Å². The van der Waals surface area contributed by atoms with E-state index in [-0.39, 0.29) is 0 Å². The standard InChI is InChI=1S/C12H24N2/c1-12(2)8-10(12)11(14-13)7-9-5-3-4-6-9/h9-11,14H,3-8,13H2,1-2H3. The molecule has 2 unspecified atom stereocenters. The van der Waals surface area contributed by atoms with Gasteiger partial charge in [0.15, 0.2) is 0 Å². The molecule has 14 heavy (non-hydrogen) atoms. The van der Waals surface area contributed by atoms with Crippen molar-refractivity contribution in [2.75, 3.05) is 0 Å². The first-order valence-electron chi connectivity index (χ1n) is 6.09. The number of nitrogens with one attached hydrogen (secondary N) is 1. The minimum atomic E-state index is 0.551. The highest BCUT2D eigenvalue weighted by Gasteiger charge is 2.50. The molecular formula is C12H24N2. The van der Waals surface area contributed by atoms with Crippen LogP contribution < -0.4 is 11.3 Å². The van der Waals surface area contributed by atoms with E-state index in [1.54, 1.807) is 0 Å². The summed E-state index contributed by atoms with van der Waals surface area (Å²) >= 11 is 0. The molecule has 2 atom stereocenters. The number of hydrazine groups is 1. The SMILES string of the molecule is CC1(C)CC1C(CC1CCCC1)NN. The molecule has 0 saturated heterocycles. The Labute approximate surface area is 87.6 Å². The third kappa shape index (κ3) is 2.12. The summed E-state index contributed by atoms with van der Waals surface area (Å²) in [6.07, 6.45) is 8.42. The lowest BCUT2D eigenvalue weighted by Crippen LogP contribution is -2.39. The van der Waals surface area contributed by atoms with Gasteiger partial charge in [-0.1, -0.05) is 39.5 Å². The van der Waals surface area contributed by atoms with Gasteiger partial charge in [0, 0.05) is 6.04 Å². The van der Waals surface area contributed by atoms with Gasteiger partial charge in [-0.15, -0.1) is 0 Å². The zero-order chi connectivity index (χ0) is 10.2. The Morgan fingerprint density at radius 1 is 1.36 bits per heavy atom. The zero-order valence-corrected chi connectivity index (χ0v) is 9.55. The van der Waals surface area contributed by atoms with Crippen LogP contribution in [0.1, 0.15) is 52.4 Å². The molecular weight excluding hydrogens is 172 g/mol. The van der Waals surface area contributed by atoms with E-state index in [4.69, 9.17) is 5.84 Å². The molecule has 0 spiro atoms. The van der Waals surface area contributed by atoms with Crippen molar-refractivity contribution in [3.8, 4) is 0 Å². The van der Waals surface area contributed by atoms with Gasteiger partial charge in [-0.05, 0) is 30.1 Å². The van der Waals surface area contributed by atoms with Crippen LogP contribution in [0.4, 0.5) is 0 Å². The quantitative estimate of drug-likeness (QED) is 0.535. The van der Waals surface area contributed by atoms with Gasteiger partial charge >= 0.3 is 0 Å². The van der Waals surface area contributed by atoms with Crippen molar-refractivity contribution in [3.63, 3.8) is 0 Å². The van der Waals surface area contributed by atoms with Crippen LogP contribution in [0, 0.1) is 17.3 Å². The first-order valence-corrected chi connectivity index (χ1v) is 6.09. The summed E-state index contributed by atoms with van der Waals surface area (Å²) in [6, 6.07) is 0.577. The molecule has 0 bridgehead atoms. The molecule has 2 nitrogen and oxygen atoms in total. The Bertz CT molecular complexity index is 194. The molecule has 0 aliphatic heterocycles. The summed E-state index contributed by atoms with van der Waals surface area (Å²) in [5.41, 5.74) is 3.60. The molecule has 3 N–H and O–H groups in total. The molecule has 0 radical (unpaired) electrons. The van der Waals surface area contributed by atoms with E-state index < -0.39 is 0 Å². The second-order valence-electron chi connectivity index (χ2n) is 5.96. The van der Waals surface area contributed by atoms with Crippen molar-refractivity contribution in [1.29, 1.82) is 0 Å². The van der Waals surface area contributed by atoms with E-state index >= 15 is 0 Å². The molecule has 2 fully saturated rings. The third-order valence-corrected chi connectivity index (χ3v) is 4.35. The van der Waals surface area contributed by atoms with Crippen molar-refractivity contribution in [2.45, 2.75) is 58.4 Å². The zero-order valence-electron chi connectivity index (χ0n) is 9.55. The van der Waals surface area contributed by atoms with Gasteiger partial charge in [0.1, 0.15) is 0 Å². The minimum Gasteiger partial charge on any atom is -0.271 e. The van der Waals surface area contributed by atoms with E-state index in [0.29, 0.717) is 11.5 Å². The van der Waals surface area contributed by atoms with Crippen LogP contribution in [-0.4, -0.2) is 6.04 Å². The van der Waals surface area contributed by atoms with Gasteiger partial charge in [0.2, 0.25) is 0 Å². The highest BCUT2D eigenvalue weighted by molar-refractivity contribution is 5.01. The number of hydrogen-bond donors (Lipinski definition) is 2. The van der Waals surface area contributed by atoms with Gasteiger partial charge < -0.3 is 0 Å². The molecule has 0 aromatic rings. The van der Waals surface area contributed by atoms with E-state index in [0.717, 1.165) is 11.8 Å². The largest absolute Gasteiger partial charge is 0.271 e. The minimum absolute atomic E-state index is 0.551. The fourth-order valence-electron chi connectivity index (χ4n) is 3.15. The number of hydrogen-bond acceptors (Lipinski definition) is 2. The van der Waals surface area contributed by atoms with Crippen LogP contribution in [0.3, 0.4) is 0 Å². The van der Waals surface area contributed by atoms with Gasteiger partial charge in [0.05, 0.1) is 0 Å². The van der Waals surface area contributed by atoms with E-state index in [1.165, 1.54) is 38.5 Å².